The zero-order chi connectivity index (χ0) is 23.6. The number of hydrogen-bond acceptors (Lipinski definition) is 5. The van der Waals surface area contributed by atoms with Crippen LogP contribution in [0.25, 0.3) is 11.8 Å². The predicted molar refractivity (Wildman–Crippen MR) is 128 cm³/mol. The fourth-order valence-electron chi connectivity index (χ4n) is 2.95. The molecule has 1 amide bonds. The first-order valence-corrected chi connectivity index (χ1v) is 10.3. The van der Waals surface area contributed by atoms with Crippen molar-refractivity contribution in [1.29, 1.82) is 0 Å². The number of aliphatic hydroxyl groups is 1. The first-order chi connectivity index (χ1) is 14.6. The van der Waals surface area contributed by atoms with Crippen LogP contribution in [0.5, 0.6) is 5.75 Å². The number of aliphatic hydroxyl groups excluding tert-OH is 1. The topological polar surface area (TPSA) is 129 Å². The number of phenols is 1. The van der Waals surface area contributed by atoms with Gasteiger partial charge in [-0.3, -0.25) is 4.79 Å². The number of nitrogens with two attached hydrogens (primary N) is 2. The van der Waals surface area contributed by atoms with E-state index in [4.69, 9.17) is 16.6 Å². The fraction of sp³-hybridized carbons (Fsp3) is 0.375. The average molecular weight is 429 g/mol. The number of nitrogen functional groups attached to an aromatic ring is 1. The zero-order valence-corrected chi connectivity index (χ0v) is 18.9. The molecule has 0 radical (unpaired) electrons. The second-order valence-corrected chi connectivity index (χ2v) is 7.88. The van der Waals surface area contributed by atoms with Crippen molar-refractivity contribution in [2.24, 2.45) is 11.7 Å². The van der Waals surface area contributed by atoms with Crippen molar-refractivity contribution >= 4 is 23.5 Å². The van der Waals surface area contributed by atoms with Crippen molar-refractivity contribution in [3.63, 3.8) is 0 Å². The van der Waals surface area contributed by atoms with E-state index < -0.39 is 0 Å². The van der Waals surface area contributed by atoms with Gasteiger partial charge in [0, 0.05) is 30.1 Å². The molecule has 0 aliphatic rings. The number of benzene rings is 1. The summed E-state index contributed by atoms with van der Waals surface area (Å²) < 4.78 is 0. The van der Waals surface area contributed by atoms with Gasteiger partial charge in [-0.05, 0) is 55.5 Å². The number of carbonyl (C=O) groups is 1. The minimum atomic E-state index is -0.132. The van der Waals surface area contributed by atoms with Crippen molar-refractivity contribution in [3.05, 3.63) is 59.8 Å². The highest BCUT2D eigenvalue weighted by Crippen LogP contribution is 2.25. The summed E-state index contributed by atoms with van der Waals surface area (Å²) in [5.41, 5.74) is 14.7. The van der Waals surface area contributed by atoms with Gasteiger partial charge in [-0.15, -0.1) is 0 Å². The highest BCUT2D eigenvalue weighted by molar-refractivity contribution is 5.87. The number of amides is 1. The van der Waals surface area contributed by atoms with E-state index in [1.165, 1.54) is 6.08 Å². The van der Waals surface area contributed by atoms with Crippen LogP contribution >= 0.6 is 0 Å². The summed E-state index contributed by atoms with van der Waals surface area (Å²) in [7, 11) is 1.70. The Morgan fingerprint density at radius 1 is 1.29 bits per heavy atom. The molecule has 7 nitrogen and oxygen atoms in total. The molecule has 0 saturated carbocycles. The number of aromatic amines is 1. The second kappa shape index (κ2) is 12.5. The van der Waals surface area contributed by atoms with Crippen molar-refractivity contribution in [1.82, 2.24) is 9.88 Å². The van der Waals surface area contributed by atoms with Crippen LogP contribution in [-0.4, -0.2) is 45.7 Å². The summed E-state index contributed by atoms with van der Waals surface area (Å²) in [6.45, 7) is 9.64. The Balaban J connectivity index is 0.000000318. The number of aromatic nitrogens is 1. The van der Waals surface area contributed by atoms with Crippen LogP contribution in [0.2, 0.25) is 0 Å². The molecule has 0 saturated heterocycles. The maximum absolute atomic E-state index is 11.3. The van der Waals surface area contributed by atoms with Crippen LogP contribution in [0.1, 0.15) is 43.4 Å². The molecule has 2 rings (SSSR count). The molecule has 1 atom stereocenters. The van der Waals surface area contributed by atoms with Crippen molar-refractivity contribution in [2.75, 3.05) is 19.4 Å². The fourth-order valence-corrected chi connectivity index (χ4v) is 2.95. The molecule has 0 aliphatic heterocycles. The normalized spacial score (nSPS) is 12.1. The van der Waals surface area contributed by atoms with Gasteiger partial charge < -0.3 is 31.6 Å². The third kappa shape index (κ3) is 7.86. The number of aryl methyl sites for hydroxylation is 1. The SMILES string of the molecule is C=CC(=O)N(C)C(CO)CCC(C)C.Cc1c[nH]c(N)c1/C=C(\N)c1ccccc1O. The van der Waals surface area contributed by atoms with Gasteiger partial charge in [0.2, 0.25) is 5.91 Å². The molecule has 31 heavy (non-hydrogen) atoms. The molecule has 0 fully saturated rings. The lowest BCUT2D eigenvalue weighted by Crippen LogP contribution is -2.38. The number of rotatable bonds is 8. The van der Waals surface area contributed by atoms with E-state index in [1.807, 2.05) is 19.2 Å². The van der Waals surface area contributed by atoms with Gasteiger partial charge >= 0.3 is 0 Å². The summed E-state index contributed by atoms with van der Waals surface area (Å²) in [5, 5.41) is 18.8. The molecule has 7 N–H and O–H groups in total. The van der Waals surface area contributed by atoms with E-state index in [0.29, 0.717) is 23.0 Å². The molecular weight excluding hydrogens is 392 g/mol. The maximum Gasteiger partial charge on any atom is 0.246 e. The predicted octanol–water partition coefficient (Wildman–Crippen LogP) is 3.50. The van der Waals surface area contributed by atoms with E-state index >= 15 is 0 Å². The Labute approximate surface area is 185 Å². The first kappa shape index (κ1) is 25.8. The maximum atomic E-state index is 11.3. The van der Waals surface area contributed by atoms with Gasteiger partial charge in [-0.25, -0.2) is 0 Å². The Morgan fingerprint density at radius 2 is 1.94 bits per heavy atom. The summed E-state index contributed by atoms with van der Waals surface area (Å²) in [5.74, 6) is 1.19. The largest absolute Gasteiger partial charge is 0.507 e. The van der Waals surface area contributed by atoms with Crippen LogP contribution in [0.15, 0.2) is 43.1 Å². The molecule has 7 heteroatoms. The molecular formula is C24H36N4O3. The molecule has 1 heterocycles. The van der Waals surface area contributed by atoms with Crippen LogP contribution in [0.4, 0.5) is 5.82 Å². The van der Waals surface area contributed by atoms with E-state index in [1.54, 1.807) is 36.2 Å². The standard InChI is InChI=1S/C13H15N3O.C11H21NO2/c1-8-7-16-13(15)10(8)6-11(14)9-4-2-3-5-12(9)17;1-5-11(14)12(4)10(8-13)7-6-9(2)3/h2-7,16-17H,14-15H2,1H3;5,9-10,13H,1,6-8H2,2-4H3/b11-6-;. The van der Waals surface area contributed by atoms with E-state index in [-0.39, 0.29) is 24.3 Å². The minimum absolute atomic E-state index is 0.0167. The minimum Gasteiger partial charge on any atom is -0.507 e. The highest BCUT2D eigenvalue weighted by Gasteiger charge is 2.17. The van der Waals surface area contributed by atoms with Crippen LogP contribution in [0.3, 0.4) is 0 Å². The Hall–Kier alpha value is -3.19. The summed E-state index contributed by atoms with van der Waals surface area (Å²) in [4.78, 5) is 15.7. The number of aromatic hydroxyl groups is 1. The van der Waals surface area contributed by atoms with Gasteiger partial charge in [0.15, 0.2) is 0 Å². The second-order valence-electron chi connectivity index (χ2n) is 7.88. The smallest absolute Gasteiger partial charge is 0.246 e. The quantitative estimate of drug-likeness (QED) is 0.411. The van der Waals surface area contributed by atoms with Gasteiger partial charge in [0.25, 0.3) is 0 Å². The number of para-hydroxylation sites is 1. The molecule has 0 bridgehead atoms. The van der Waals surface area contributed by atoms with Crippen molar-refractivity contribution < 1.29 is 15.0 Å². The van der Waals surface area contributed by atoms with Gasteiger partial charge in [0.1, 0.15) is 11.6 Å². The Morgan fingerprint density at radius 3 is 2.42 bits per heavy atom. The first-order valence-electron chi connectivity index (χ1n) is 10.3. The van der Waals surface area contributed by atoms with Crippen LogP contribution < -0.4 is 11.5 Å². The summed E-state index contributed by atoms with van der Waals surface area (Å²) in [6.07, 6.45) is 6.71. The van der Waals surface area contributed by atoms with Gasteiger partial charge in [-0.1, -0.05) is 32.6 Å². The zero-order valence-electron chi connectivity index (χ0n) is 18.9. The number of anilines is 1. The molecule has 0 spiro atoms. The molecule has 1 aromatic heterocycles. The lowest BCUT2D eigenvalue weighted by Gasteiger charge is -2.26. The molecule has 2 aromatic rings. The van der Waals surface area contributed by atoms with Crippen molar-refractivity contribution in [3.8, 4) is 5.75 Å². The van der Waals surface area contributed by atoms with E-state index in [0.717, 1.165) is 24.0 Å². The molecule has 0 aliphatic carbocycles. The molecule has 1 unspecified atom stereocenters. The lowest BCUT2D eigenvalue weighted by atomic mass is 10.0. The lowest BCUT2D eigenvalue weighted by molar-refractivity contribution is -0.127. The summed E-state index contributed by atoms with van der Waals surface area (Å²) in [6, 6.07) is 6.86. The van der Waals surface area contributed by atoms with Gasteiger partial charge in [0.05, 0.1) is 12.6 Å². The highest BCUT2D eigenvalue weighted by atomic mass is 16.3. The monoisotopic (exact) mass is 428 g/mol. The Bertz CT molecular complexity index is 867. The Kier molecular flexibility index (Phi) is 10.4. The molecule has 1 aromatic carbocycles. The van der Waals surface area contributed by atoms with Crippen LogP contribution in [-0.2, 0) is 4.79 Å². The molecule has 170 valence electrons. The number of phenolic OH excluding ortho intramolecular Hbond substituents is 1. The van der Waals surface area contributed by atoms with Crippen LogP contribution in [0, 0.1) is 12.8 Å². The average Bonchev–Trinajstić information content (AvgIpc) is 3.06. The van der Waals surface area contributed by atoms with E-state index in [2.05, 4.69) is 25.4 Å². The van der Waals surface area contributed by atoms with Crippen molar-refractivity contribution in [2.45, 2.75) is 39.7 Å². The summed E-state index contributed by atoms with van der Waals surface area (Å²) >= 11 is 0. The third-order valence-corrected chi connectivity index (χ3v) is 5.03. The number of nitrogens with zero attached hydrogens (tertiary/aromatic N) is 1. The number of nitrogens with one attached hydrogen (secondary N) is 1. The third-order valence-electron chi connectivity index (χ3n) is 5.03. The van der Waals surface area contributed by atoms with E-state index in [9.17, 15) is 9.90 Å². The number of likely N-dealkylation sites (N-methyl/N-ethyl adjacent to an activating group) is 1. The number of carbonyl (C=O) groups excluding carboxylic acids is 1. The van der Waals surface area contributed by atoms with Gasteiger partial charge in [-0.2, -0.15) is 0 Å². The number of hydrogen-bond donors (Lipinski definition) is 5. The number of H-pyrrole nitrogens is 1.